The van der Waals surface area contributed by atoms with Crippen molar-refractivity contribution in [1.82, 2.24) is 0 Å². The Bertz CT molecular complexity index is 78.6. The zero-order valence-electron chi connectivity index (χ0n) is 12.8. The summed E-state index contributed by atoms with van der Waals surface area (Å²) in [5, 5.41) is 2.75. The van der Waals surface area contributed by atoms with Crippen LogP contribution in [0.1, 0.15) is 55.4 Å². The van der Waals surface area contributed by atoms with Crippen molar-refractivity contribution in [2.24, 2.45) is 0 Å². The van der Waals surface area contributed by atoms with Crippen LogP contribution in [0.3, 0.4) is 0 Å². The van der Waals surface area contributed by atoms with Gasteiger partial charge >= 0.3 is 60.5 Å². The zero-order chi connectivity index (χ0) is 14.4. The van der Waals surface area contributed by atoms with Gasteiger partial charge in [-0.05, 0) is 0 Å². The van der Waals surface area contributed by atoms with Gasteiger partial charge in [-0.3, -0.25) is 0 Å². The van der Waals surface area contributed by atoms with Gasteiger partial charge in [0.2, 0.25) is 0 Å². The quantitative estimate of drug-likeness (QED) is 0.517. The average Bonchev–Trinajstić information content (AvgIpc) is 1.79. The predicted molar refractivity (Wildman–Crippen MR) is 69.1 cm³/mol. The third-order valence-electron chi connectivity index (χ3n) is 0. The van der Waals surface area contributed by atoms with Crippen molar-refractivity contribution < 1.29 is 36.6 Å². The summed E-state index contributed by atoms with van der Waals surface area (Å²) in [4.78, 5) is 0. The molecule has 0 atom stereocenters. The van der Waals surface area contributed by atoms with Gasteiger partial charge < -0.3 is 11.5 Å². The Hall–Kier alpha value is 1.17. The Morgan fingerprint density at radius 1 is 0.688 bits per heavy atom. The first-order chi connectivity index (χ1) is 6.83. The molecule has 0 rings (SSSR count). The van der Waals surface area contributed by atoms with E-state index in [1.807, 2.05) is 41.5 Å². The minimum absolute atomic E-state index is 0.250. The third kappa shape index (κ3) is 2240. The Balaban J connectivity index is -0.0000000621. The molecule has 0 bridgehead atoms. The zero-order valence-corrected chi connectivity index (χ0v) is 18.8. The van der Waals surface area contributed by atoms with E-state index in [9.17, 15) is 0 Å². The SMILES string of the molecule is CC(C)(C)[NH-].CC(C)(C)[NH-].C[CH2][Zn+].C[CH2][Zn+]. The summed E-state index contributed by atoms with van der Waals surface area (Å²) in [5.41, 5.74) is 13.4. The molecule has 0 aliphatic heterocycles. The second kappa shape index (κ2) is 16.2. The standard InChI is InChI=1S/2C4H10N.2C2H5.2Zn/c2*1-4(2,3)5;2*1-2;;/h2*5H,1-3H3;2*1H2,2H3;;/q2*-1;;;2*+1. The van der Waals surface area contributed by atoms with Crippen molar-refractivity contribution in [2.45, 2.75) is 76.5 Å². The molecule has 0 saturated carbocycles. The van der Waals surface area contributed by atoms with Gasteiger partial charge in [-0.2, -0.15) is 0 Å². The molecule has 0 aliphatic carbocycles. The first-order valence-corrected chi connectivity index (χ1v) is 10.1. The molecule has 16 heavy (non-hydrogen) atoms. The van der Waals surface area contributed by atoms with E-state index in [1.54, 1.807) is 0 Å². The molecule has 0 heterocycles. The van der Waals surface area contributed by atoms with Crippen LogP contribution in [-0.4, -0.2) is 11.1 Å². The number of rotatable bonds is 0. The van der Waals surface area contributed by atoms with Gasteiger partial charge in [-0.1, -0.05) is 41.5 Å². The van der Waals surface area contributed by atoms with Crippen molar-refractivity contribution in [3.63, 3.8) is 0 Å². The average molecular weight is 333 g/mol. The van der Waals surface area contributed by atoms with Crippen molar-refractivity contribution in [3.8, 4) is 0 Å². The fraction of sp³-hybridized carbons (Fsp3) is 1.00. The number of nitrogens with one attached hydrogen (secondary N) is 2. The molecule has 0 aromatic rings. The third-order valence-corrected chi connectivity index (χ3v) is 0. The molecule has 0 aromatic carbocycles. The van der Waals surface area contributed by atoms with Gasteiger partial charge in [0.1, 0.15) is 0 Å². The van der Waals surface area contributed by atoms with E-state index in [2.05, 4.69) is 13.8 Å². The van der Waals surface area contributed by atoms with Gasteiger partial charge in [0.05, 0.1) is 0 Å². The normalized spacial score (nSPS) is 9.88. The fourth-order valence-corrected chi connectivity index (χ4v) is 0. The van der Waals surface area contributed by atoms with Crippen molar-refractivity contribution >= 4 is 0 Å². The summed E-state index contributed by atoms with van der Waals surface area (Å²) in [6.07, 6.45) is 0. The maximum atomic E-state index is 6.94. The fourth-order valence-electron chi connectivity index (χ4n) is 0. The minimum atomic E-state index is -0.250. The van der Waals surface area contributed by atoms with Crippen molar-refractivity contribution in [2.75, 3.05) is 0 Å². The van der Waals surface area contributed by atoms with Crippen LogP contribution in [0.4, 0.5) is 0 Å². The maximum absolute atomic E-state index is 6.94. The van der Waals surface area contributed by atoms with E-state index in [-0.39, 0.29) is 11.1 Å². The van der Waals surface area contributed by atoms with Crippen LogP contribution in [0.5, 0.6) is 0 Å². The molecule has 0 aromatic heterocycles. The second-order valence-corrected chi connectivity index (χ2v) is 9.70. The predicted octanol–water partition coefficient (Wildman–Crippen LogP) is 5.62. The van der Waals surface area contributed by atoms with Gasteiger partial charge in [0.25, 0.3) is 0 Å². The summed E-state index contributed by atoms with van der Waals surface area (Å²) >= 11 is 2.89. The Labute approximate surface area is 124 Å². The Morgan fingerprint density at radius 2 is 0.688 bits per heavy atom. The van der Waals surface area contributed by atoms with E-state index < -0.39 is 0 Å². The summed E-state index contributed by atoms with van der Waals surface area (Å²) in [7, 11) is 0. The van der Waals surface area contributed by atoms with E-state index >= 15 is 0 Å². The van der Waals surface area contributed by atoms with E-state index in [4.69, 9.17) is 11.5 Å². The second-order valence-electron chi connectivity index (χ2n) is 5.50. The molecule has 0 saturated heterocycles. The van der Waals surface area contributed by atoms with Crippen LogP contribution in [0.2, 0.25) is 10.0 Å². The van der Waals surface area contributed by atoms with Crippen molar-refractivity contribution in [3.05, 3.63) is 11.5 Å². The van der Waals surface area contributed by atoms with Crippen LogP contribution >= 0.6 is 0 Å². The van der Waals surface area contributed by atoms with E-state index in [1.165, 1.54) is 46.6 Å². The molecule has 0 fully saturated rings. The summed E-state index contributed by atoms with van der Waals surface area (Å²) in [5.74, 6) is 0. The van der Waals surface area contributed by atoms with Crippen LogP contribution in [-0.2, 0) is 36.6 Å². The summed E-state index contributed by atoms with van der Waals surface area (Å²) in [6, 6.07) is 0. The molecular weight excluding hydrogens is 303 g/mol. The molecule has 2 nitrogen and oxygen atoms in total. The molecule has 0 unspecified atom stereocenters. The van der Waals surface area contributed by atoms with Crippen molar-refractivity contribution in [1.29, 1.82) is 0 Å². The first kappa shape index (κ1) is 25.9. The first-order valence-electron chi connectivity index (χ1n) is 5.91. The van der Waals surface area contributed by atoms with E-state index in [0.29, 0.717) is 0 Å². The molecular formula is C12H30N2Zn2. The summed E-state index contributed by atoms with van der Waals surface area (Å²) < 4.78 is 0. The molecule has 0 aliphatic rings. The van der Waals surface area contributed by atoms with Gasteiger partial charge in [-0.15, -0.1) is 11.1 Å². The summed E-state index contributed by atoms with van der Waals surface area (Å²) in [6.45, 7) is 15.5. The number of hydrogen-bond acceptors (Lipinski definition) is 0. The molecule has 0 amide bonds. The van der Waals surface area contributed by atoms with Crippen LogP contribution < -0.4 is 0 Å². The van der Waals surface area contributed by atoms with Crippen LogP contribution in [0.15, 0.2) is 0 Å². The van der Waals surface area contributed by atoms with Gasteiger partial charge in [0.15, 0.2) is 0 Å². The van der Waals surface area contributed by atoms with Gasteiger partial charge in [0, 0.05) is 0 Å². The Kier molecular flexibility index (Phi) is 26.2. The van der Waals surface area contributed by atoms with Gasteiger partial charge in [-0.25, -0.2) is 0 Å². The topological polar surface area (TPSA) is 47.6 Å². The van der Waals surface area contributed by atoms with Crippen LogP contribution in [0.25, 0.3) is 11.5 Å². The van der Waals surface area contributed by atoms with E-state index in [0.717, 1.165) is 0 Å². The molecule has 0 radical (unpaired) electrons. The number of hydrogen-bond donors (Lipinski definition) is 0. The molecule has 2 N–H and O–H groups in total. The monoisotopic (exact) mass is 330 g/mol. The molecule has 92 valence electrons. The molecule has 4 heteroatoms. The molecule has 0 spiro atoms. The van der Waals surface area contributed by atoms with Crippen LogP contribution in [0, 0.1) is 0 Å². The Morgan fingerprint density at radius 3 is 0.688 bits per heavy atom.